The summed E-state index contributed by atoms with van der Waals surface area (Å²) in [6.45, 7) is 4.62. The Balaban J connectivity index is 2.81. The van der Waals surface area contributed by atoms with Crippen LogP contribution in [-0.4, -0.2) is 54.7 Å². The Kier molecular flexibility index (Phi) is 5.57. The van der Waals surface area contributed by atoms with Gasteiger partial charge in [-0.05, 0) is 40.1 Å². The first-order chi connectivity index (χ1) is 8.95. The van der Waals surface area contributed by atoms with Crippen molar-refractivity contribution in [3.05, 3.63) is 17.8 Å². The fourth-order valence-electron chi connectivity index (χ4n) is 1.83. The molecule has 1 aromatic rings. The minimum absolute atomic E-state index is 0.107. The first kappa shape index (κ1) is 15.2. The van der Waals surface area contributed by atoms with Crippen LogP contribution in [0, 0.1) is 0 Å². The third-order valence-corrected chi connectivity index (χ3v) is 2.89. The molecule has 19 heavy (non-hydrogen) atoms. The van der Waals surface area contributed by atoms with Crippen LogP contribution in [0.2, 0.25) is 0 Å². The zero-order chi connectivity index (χ0) is 14.4. The standard InChI is InChI=1S/C13H22N4O2/c1-4-17(7-5-6-16(2)3)12-8-10(13(18)19)11(14)9-15-12/h8-9H,4-7,14H2,1-3H3,(H,18,19). The summed E-state index contributed by atoms with van der Waals surface area (Å²) in [4.78, 5) is 19.4. The largest absolute Gasteiger partial charge is 0.478 e. The molecule has 0 saturated carbocycles. The van der Waals surface area contributed by atoms with E-state index in [4.69, 9.17) is 10.8 Å². The number of anilines is 2. The van der Waals surface area contributed by atoms with Gasteiger partial charge in [0, 0.05) is 13.1 Å². The molecule has 3 N–H and O–H groups in total. The van der Waals surface area contributed by atoms with Crippen molar-refractivity contribution in [1.29, 1.82) is 0 Å². The highest BCUT2D eigenvalue weighted by Gasteiger charge is 2.13. The number of carboxylic acid groups (broad SMARTS) is 1. The van der Waals surface area contributed by atoms with Crippen LogP contribution in [0.1, 0.15) is 23.7 Å². The van der Waals surface area contributed by atoms with Crippen molar-refractivity contribution in [2.75, 3.05) is 44.4 Å². The molecule has 0 saturated heterocycles. The van der Waals surface area contributed by atoms with Crippen molar-refractivity contribution in [3.8, 4) is 0 Å². The number of aromatic nitrogens is 1. The van der Waals surface area contributed by atoms with E-state index in [1.165, 1.54) is 12.3 Å². The molecule has 0 atom stereocenters. The van der Waals surface area contributed by atoms with Crippen LogP contribution in [0.3, 0.4) is 0 Å². The molecule has 0 bridgehead atoms. The molecule has 0 aliphatic rings. The molecule has 106 valence electrons. The van der Waals surface area contributed by atoms with Gasteiger partial charge >= 0.3 is 5.97 Å². The summed E-state index contributed by atoms with van der Waals surface area (Å²) in [5, 5.41) is 9.06. The van der Waals surface area contributed by atoms with Crippen LogP contribution in [0.25, 0.3) is 0 Å². The quantitative estimate of drug-likeness (QED) is 0.770. The molecule has 0 aliphatic heterocycles. The lowest BCUT2D eigenvalue weighted by Gasteiger charge is -2.23. The molecule has 0 radical (unpaired) electrons. The van der Waals surface area contributed by atoms with Crippen molar-refractivity contribution in [2.45, 2.75) is 13.3 Å². The molecule has 6 heteroatoms. The molecule has 1 rings (SSSR count). The maximum absolute atomic E-state index is 11.1. The highest BCUT2D eigenvalue weighted by atomic mass is 16.4. The zero-order valence-corrected chi connectivity index (χ0v) is 11.8. The van der Waals surface area contributed by atoms with Crippen molar-refractivity contribution >= 4 is 17.5 Å². The van der Waals surface area contributed by atoms with Crippen LogP contribution in [0.15, 0.2) is 12.3 Å². The topological polar surface area (TPSA) is 82.7 Å². The first-order valence-corrected chi connectivity index (χ1v) is 6.34. The average Bonchev–Trinajstić information content (AvgIpc) is 2.35. The number of carboxylic acids is 1. The predicted molar refractivity (Wildman–Crippen MR) is 76.7 cm³/mol. The van der Waals surface area contributed by atoms with Crippen LogP contribution < -0.4 is 10.6 Å². The lowest BCUT2D eigenvalue weighted by Crippen LogP contribution is -2.28. The van der Waals surface area contributed by atoms with E-state index in [0.717, 1.165) is 26.1 Å². The second-order valence-electron chi connectivity index (χ2n) is 4.67. The van der Waals surface area contributed by atoms with Gasteiger partial charge in [-0.25, -0.2) is 9.78 Å². The Hall–Kier alpha value is -1.82. The molecule has 0 aromatic carbocycles. The van der Waals surface area contributed by atoms with Crippen LogP contribution in [-0.2, 0) is 0 Å². The van der Waals surface area contributed by atoms with E-state index in [0.29, 0.717) is 5.82 Å². The first-order valence-electron chi connectivity index (χ1n) is 6.34. The van der Waals surface area contributed by atoms with Gasteiger partial charge in [0.1, 0.15) is 5.82 Å². The van der Waals surface area contributed by atoms with Gasteiger partial charge < -0.3 is 20.6 Å². The van der Waals surface area contributed by atoms with Crippen LogP contribution in [0.5, 0.6) is 0 Å². The summed E-state index contributed by atoms with van der Waals surface area (Å²) in [5.41, 5.74) is 5.91. The van der Waals surface area contributed by atoms with E-state index in [1.807, 2.05) is 21.0 Å². The second-order valence-corrected chi connectivity index (χ2v) is 4.67. The van der Waals surface area contributed by atoms with Crippen LogP contribution >= 0.6 is 0 Å². The monoisotopic (exact) mass is 266 g/mol. The fourth-order valence-corrected chi connectivity index (χ4v) is 1.83. The predicted octanol–water partition coefficient (Wildman–Crippen LogP) is 1.14. The maximum Gasteiger partial charge on any atom is 0.337 e. The van der Waals surface area contributed by atoms with Gasteiger partial charge in [-0.15, -0.1) is 0 Å². The number of nitrogen functional groups attached to an aromatic ring is 1. The molecule has 0 unspecified atom stereocenters. The Morgan fingerprint density at radius 1 is 1.42 bits per heavy atom. The SMILES string of the molecule is CCN(CCCN(C)C)c1cc(C(=O)O)c(N)cn1. The smallest absolute Gasteiger partial charge is 0.337 e. The van der Waals surface area contributed by atoms with Gasteiger partial charge in [0.05, 0.1) is 17.4 Å². The molecular weight excluding hydrogens is 244 g/mol. The van der Waals surface area contributed by atoms with E-state index in [1.54, 1.807) is 0 Å². The number of rotatable bonds is 7. The number of nitrogens with two attached hydrogens (primary N) is 1. The summed E-state index contributed by atoms with van der Waals surface area (Å²) in [6, 6.07) is 1.54. The number of nitrogens with zero attached hydrogens (tertiary/aromatic N) is 3. The van der Waals surface area contributed by atoms with Gasteiger partial charge in [-0.3, -0.25) is 0 Å². The minimum atomic E-state index is -1.02. The van der Waals surface area contributed by atoms with Gasteiger partial charge in [-0.1, -0.05) is 0 Å². The third-order valence-electron chi connectivity index (χ3n) is 2.89. The lowest BCUT2D eigenvalue weighted by molar-refractivity contribution is 0.0698. The molecule has 0 fully saturated rings. The Morgan fingerprint density at radius 3 is 2.63 bits per heavy atom. The molecule has 0 spiro atoms. The molecular formula is C13H22N4O2. The Morgan fingerprint density at radius 2 is 2.11 bits per heavy atom. The summed E-state index contributed by atoms with van der Waals surface area (Å²) in [6.07, 6.45) is 2.41. The van der Waals surface area contributed by atoms with E-state index >= 15 is 0 Å². The number of carbonyl (C=O) groups is 1. The number of aromatic carboxylic acids is 1. The van der Waals surface area contributed by atoms with Gasteiger partial charge in [-0.2, -0.15) is 0 Å². The molecule has 0 amide bonds. The van der Waals surface area contributed by atoms with E-state index < -0.39 is 5.97 Å². The van der Waals surface area contributed by atoms with Gasteiger partial charge in [0.25, 0.3) is 0 Å². The summed E-state index contributed by atoms with van der Waals surface area (Å²) < 4.78 is 0. The normalized spacial score (nSPS) is 10.7. The van der Waals surface area contributed by atoms with Crippen molar-refractivity contribution in [1.82, 2.24) is 9.88 Å². The van der Waals surface area contributed by atoms with Crippen LogP contribution in [0.4, 0.5) is 11.5 Å². The van der Waals surface area contributed by atoms with Crippen molar-refractivity contribution < 1.29 is 9.90 Å². The Labute approximate surface area is 113 Å². The fraction of sp³-hybridized carbons (Fsp3) is 0.538. The highest BCUT2D eigenvalue weighted by Crippen LogP contribution is 2.18. The number of pyridine rings is 1. The zero-order valence-electron chi connectivity index (χ0n) is 11.8. The second kappa shape index (κ2) is 6.94. The van der Waals surface area contributed by atoms with E-state index in [9.17, 15) is 4.79 Å². The summed E-state index contributed by atoms with van der Waals surface area (Å²) >= 11 is 0. The minimum Gasteiger partial charge on any atom is -0.478 e. The number of hydrogen-bond acceptors (Lipinski definition) is 5. The lowest BCUT2D eigenvalue weighted by atomic mass is 10.2. The maximum atomic E-state index is 11.1. The van der Waals surface area contributed by atoms with Gasteiger partial charge in [0.15, 0.2) is 0 Å². The summed E-state index contributed by atoms with van der Waals surface area (Å²) in [5.74, 6) is -0.363. The van der Waals surface area contributed by atoms with E-state index in [-0.39, 0.29) is 11.3 Å². The molecule has 1 heterocycles. The van der Waals surface area contributed by atoms with Crippen molar-refractivity contribution in [2.24, 2.45) is 0 Å². The van der Waals surface area contributed by atoms with E-state index in [2.05, 4.69) is 14.8 Å². The third kappa shape index (κ3) is 4.40. The molecule has 0 aliphatic carbocycles. The Bertz CT molecular complexity index is 435. The number of hydrogen-bond donors (Lipinski definition) is 2. The average molecular weight is 266 g/mol. The van der Waals surface area contributed by atoms with Gasteiger partial charge in [0.2, 0.25) is 0 Å². The van der Waals surface area contributed by atoms with Crippen molar-refractivity contribution in [3.63, 3.8) is 0 Å². The highest BCUT2D eigenvalue weighted by molar-refractivity contribution is 5.94. The molecule has 6 nitrogen and oxygen atoms in total. The molecule has 1 aromatic heterocycles. The summed E-state index contributed by atoms with van der Waals surface area (Å²) in [7, 11) is 4.06.